The van der Waals surface area contributed by atoms with Crippen LogP contribution in [0.1, 0.15) is 29.5 Å². The zero-order valence-corrected chi connectivity index (χ0v) is 16.4. The molecule has 0 spiro atoms. The van der Waals surface area contributed by atoms with Crippen molar-refractivity contribution in [1.82, 2.24) is 4.47 Å². The molecule has 7 heteroatoms. The molecule has 144 valence electrons. The Labute approximate surface area is 160 Å². The molecule has 0 aromatic heterocycles. The van der Waals surface area contributed by atoms with Crippen molar-refractivity contribution in [3.8, 4) is 0 Å². The van der Waals surface area contributed by atoms with E-state index in [1.54, 1.807) is 12.1 Å². The van der Waals surface area contributed by atoms with Gasteiger partial charge in [-0.3, -0.25) is 9.63 Å². The zero-order chi connectivity index (χ0) is 19.4. The Morgan fingerprint density at radius 1 is 1.07 bits per heavy atom. The molecule has 0 heterocycles. The Kier molecular flexibility index (Phi) is 5.94. The van der Waals surface area contributed by atoms with E-state index in [9.17, 15) is 13.2 Å². The highest BCUT2D eigenvalue weighted by Crippen LogP contribution is 2.23. The molecule has 1 aliphatic rings. The standard InChI is InChI=1S/C20H24N2O4S/c1-22(26-2)27(24,25)19-11-9-18(10-12-19)21-20(23)14-15-7-8-16-5-3-4-6-17(16)13-15/h7-13H,3-6,14H2,1-2H3,(H,21,23). The maximum Gasteiger partial charge on any atom is 0.264 e. The van der Waals surface area contributed by atoms with E-state index in [1.165, 1.54) is 50.3 Å². The summed E-state index contributed by atoms with van der Waals surface area (Å²) in [6.07, 6.45) is 4.93. The minimum atomic E-state index is -3.69. The van der Waals surface area contributed by atoms with E-state index in [4.69, 9.17) is 4.84 Å². The summed E-state index contributed by atoms with van der Waals surface area (Å²) in [5.74, 6) is -0.129. The fourth-order valence-corrected chi connectivity index (χ4v) is 4.22. The Hall–Kier alpha value is -2.22. The van der Waals surface area contributed by atoms with E-state index < -0.39 is 10.0 Å². The van der Waals surface area contributed by atoms with Gasteiger partial charge in [-0.05, 0) is 66.6 Å². The molecule has 1 N–H and O–H groups in total. The first kappa shape index (κ1) is 19.5. The predicted molar refractivity (Wildman–Crippen MR) is 104 cm³/mol. The van der Waals surface area contributed by atoms with Crippen LogP contribution in [0.5, 0.6) is 0 Å². The number of fused-ring (bicyclic) bond motifs is 1. The van der Waals surface area contributed by atoms with Crippen LogP contribution in [0.2, 0.25) is 0 Å². The highest BCUT2D eigenvalue weighted by molar-refractivity contribution is 7.89. The van der Waals surface area contributed by atoms with Crippen molar-refractivity contribution in [2.45, 2.75) is 37.0 Å². The molecule has 0 bridgehead atoms. The molecular formula is C20H24N2O4S. The van der Waals surface area contributed by atoms with Crippen molar-refractivity contribution in [1.29, 1.82) is 0 Å². The van der Waals surface area contributed by atoms with Gasteiger partial charge in [-0.2, -0.15) is 0 Å². The van der Waals surface area contributed by atoms with Crippen molar-refractivity contribution in [2.75, 3.05) is 19.5 Å². The number of anilines is 1. The number of benzene rings is 2. The minimum absolute atomic E-state index is 0.0968. The van der Waals surface area contributed by atoms with Crippen LogP contribution in [-0.4, -0.2) is 33.0 Å². The highest BCUT2D eigenvalue weighted by atomic mass is 32.2. The smallest absolute Gasteiger partial charge is 0.264 e. The molecule has 2 aromatic carbocycles. The van der Waals surface area contributed by atoms with Crippen molar-refractivity contribution in [3.05, 3.63) is 59.2 Å². The lowest BCUT2D eigenvalue weighted by Crippen LogP contribution is -2.25. The molecule has 0 atom stereocenters. The van der Waals surface area contributed by atoms with Gasteiger partial charge in [0.05, 0.1) is 18.4 Å². The first-order valence-corrected chi connectivity index (χ1v) is 10.4. The maximum absolute atomic E-state index is 12.3. The van der Waals surface area contributed by atoms with E-state index in [2.05, 4.69) is 17.4 Å². The second-order valence-corrected chi connectivity index (χ2v) is 8.59. The van der Waals surface area contributed by atoms with Crippen LogP contribution < -0.4 is 5.32 Å². The van der Waals surface area contributed by atoms with Crippen molar-refractivity contribution in [2.24, 2.45) is 0 Å². The molecule has 0 saturated heterocycles. The summed E-state index contributed by atoms with van der Waals surface area (Å²) in [6.45, 7) is 0. The number of hydrogen-bond donors (Lipinski definition) is 1. The molecule has 0 radical (unpaired) electrons. The summed E-state index contributed by atoms with van der Waals surface area (Å²) in [4.78, 5) is 17.2. The largest absolute Gasteiger partial charge is 0.326 e. The normalized spacial score (nSPS) is 14.0. The molecule has 0 saturated carbocycles. The van der Waals surface area contributed by atoms with E-state index in [0.29, 0.717) is 12.1 Å². The summed E-state index contributed by atoms with van der Waals surface area (Å²) in [5, 5.41) is 2.81. The Bertz CT molecular complexity index is 923. The Morgan fingerprint density at radius 2 is 1.74 bits per heavy atom. The van der Waals surface area contributed by atoms with Gasteiger partial charge >= 0.3 is 0 Å². The van der Waals surface area contributed by atoms with Gasteiger partial charge < -0.3 is 5.32 Å². The topological polar surface area (TPSA) is 75.7 Å². The lowest BCUT2D eigenvalue weighted by Gasteiger charge is -2.16. The summed E-state index contributed by atoms with van der Waals surface area (Å²) in [6, 6.07) is 12.3. The third kappa shape index (κ3) is 4.55. The van der Waals surface area contributed by atoms with E-state index in [0.717, 1.165) is 22.9 Å². The van der Waals surface area contributed by atoms with E-state index in [1.807, 2.05) is 6.07 Å². The van der Waals surface area contributed by atoms with E-state index in [-0.39, 0.29) is 10.8 Å². The molecule has 27 heavy (non-hydrogen) atoms. The van der Waals surface area contributed by atoms with Crippen molar-refractivity contribution in [3.63, 3.8) is 0 Å². The van der Waals surface area contributed by atoms with Gasteiger partial charge in [-0.1, -0.05) is 22.7 Å². The number of nitrogens with one attached hydrogen (secondary N) is 1. The number of carbonyl (C=O) groups excluding carboxylic acids is 1. The number of hydrogen-bond acceptors (Lipinski definition) is 4. The first-order chi connectivity index (χ1) is 12.9. The van der Waals surface area contributed by atoms with Gasteiger partial charge in [0, 0.05) is 12.7 Å². The molecule has 0 unspecified atom stereocenters. The van der Waals surface area contributed by atoms with Crippen LogP contribution in [0.3, 0.4) is 0 Å². The van der Waals surface area contributed by atoms with Crippen LogP contribution >= 0.6 is 0 Å². The summed E-state index contributed by atoms with van der Waals surface area (Å²) >= 11 is 0. The van der Waals surface area contributed by atoms with Crippen LogP contribution in [0.25, 0.3) is 0 Å². The quantitative estimate of drug-likeness (QED) is 0.772. The molecular weight excluding hydrogens is 364 g/mol. The molecule has 1 aliphatic carbocycles. The number of amides is 1. The third-order valence-electron chi connectivity index (χ3n) is 4.81. The molecule has 6 nitrogen and oxygen atoms in total. The second kappa shape index (κ2) is 8.21. The number of nitrogens with zero attached hydrogens (tertiary/aromatic N) is 1. The van der Waals surface area contributed by atoms with Crippen LogP contribution in [0, 0.1) is 0 Å². The third-order valence-corrected chi connectivity index (χ3v) is 6.50. The predicted octanol–water partition coefficient (Wildman–Crippen LogP) is 2.93. The van der Waals surface area contributed by atoms with Gasteiger partial charge in [0.15, 0.2) is 0 Å². The highest BCUT2D eigenvalue weighted by Gasteiger charge is 2.20. The van der Waals surface area contributed by atoms with E-state index >= 15 is 0 Å². The summed E-state index contributed by atoms with van der Waals surface area (Å²) in [7, 11) is -1.09. The molecule has 0 fully saturated rings. The number of sulfonamides is 1. The van der Waals surface area contributed by atoms with Gasteiger partial charge in [-0.15, -0.1) is 0 Å². The van der Waals surface area contributed by atoms with Crippen LogP contribution in [0.15, 0.2) is 47.4 Å². The van der Waals surface area contributed by atoms with Gasteiger partial charge in [0.2, 0.25) is 5.91 Å². The Balaban J connectivity index is 1.64. The number of hydroxylamine groups is 1. The SMILES string of the molecule is CON(C)S(=O)(=O)c1ccc(NC(=O)Cc2ccc3c(c2)CCCC3)cc1. The minimum Gasteiger partial charge on any atom is -0.326 e. The van der Waals surface area contributed by atoms with Crippen LogP contribution in [0.4, 0.5) is 5.69 Å². The van der Waals surface area contributed by atoms with Gasteiger partial charge in [-0.25, -0.2) is 8.42 Å². The number of rotatable bonds is 6. The Morgan fingerprint density at radius 3 is 2.41 bits per heavy atom. The molecule has 3 rings (SSSR count). The fourth-order valence-electron chi connectivity index (χ4n) is 3.24. The lowest BCUT2D eigenvalue weighted by molar-refractivity contribution is -0.115. The van der Waals surface area contributed by atoms with Crippen molar-refractivity contribution < 1.29 is 18.0 Å². The lowest BCUT2D eigenvalue weighted by atomic mass is 9.90. The van der Waals surface area contributed by atoms with Gasteiger partial charge in [0.25, 0.3) is 10.0 Å². The molecule has 1 amide bonds. The maximum atomic E-state index is 12.3. The average Bonchev–Trinajstić information content (AvgIpc) is 2.67. The number of aryl methyl sites for hydroxylation is 2. The van der Waals surface area contributed by atoms with Crippen molar-refractivity contribution >= 4 is 21.6 Å². The second-order valence-electron chi connectivity index (χ2n) is 6.66. The summed E-state index contributed by atoms with van der Waals surface area (Å²) < 4.78 is 25.1. The first-order valence-electron chi connectivity index (χ1n) is 8.94. The fraction of sp³-hybridized carbons (Fsp3) is 0.350. The molecule has 0 aliphatic heterocycles. The number of carbonyl (C=O) groups is 1. The summed E-state index contributed by atoms with van der Waals surface area (Å²) in [5.41, 5.74) is 4.29. The molecule has 2 aromatic rings. The monoisotopic (exact) mass is 388 g/mol. The van der Waals surface area contributed by atoms with Crippen LogP contribution in [-0.2, 0) is 38.9 Å². The average molecular weight is 388 g/mol. The zero-order valence-electron chi connectivity index (χ0n) is 15.6. The van der Waals surface area contributed by atoms with Gasteiger partial charge in [0.1, 0.15) is 0 Å².